The lowest BCUT2D eigenvalue weighted by Gasteiger charge is -2.30. The summed E-state index contributed by atoms with van der Waals surface area (Å²) in [6, 6.07) is 0.270. The maximum Gasteiger partial charge on any atom is 0.122 e. The van der Waals surface area contributed by atoms with E-state index in [2.05, 4.69) is 34.5 Å². The van der Waals surface area contributed by atoms with Crippen LogP contribution in [0.25, 0.3) is 0 Å². The Morgan fingerprint density at radius 2 is 2.27 bits per heavy atom. The predicted molar refractivity (Wildman–Crippen MR) is 60.3 cm³/mol. The summed E-state index contributed by atoms with van der Waals surface area (Å²) in [6.45, 7) is 8.40. The van der Waals surface area contributed by atoms with Gasteiger partial charge < -0.3 is 10.3 Å². The molecule has 1 aromatic heterocycles. The minimum atomic E-state index is 0.270. The fourth-order valence-electron chi connectivity index (χ4n) is 1.89. The van der Waals surface area contributed by atoms with Crippen molar-refractivity contribution in [3.63, 3.8) is 0 Å². The number of hydrogen-bond donors (Lipinski definition) is 1. The SMILES string of the molecule is CC(C)[C@@H](N)CN1CCn2ccnc2C1. The maximum atomic E-state index is 6.07. The second-order valence-electron chi connectivity index (χ2n) is 4.68. The zero-order chi connectivity index (χ0) is 10.8. The third-order valence-electron chi connectivity index (χ3n) is 3.15. The van der Waals surface area contributed by atoms with Crippen molar-refractivity contribution in [3.05, 3.63) is 18.2 Å². The van der Waals surface area contributed by atoms with Crippen LogP contribution < -0.4 is 5.73 Å². The molecule has 2 rings (SSSR count). The van der Waals surface area contributed by atoms with Crippen LogP contribution >= 0.6 is 0 Å². The molecule has 2 heterocycles. The molecule has 84 valence electrons. The van der Waals surface area contributed by atoms with E-state index in [1.165, 1.54) is 0 Å². The van der Waals surface area contributed by atoms with E-state index in [1.807, 2.05) is 6.20 Å². The van der Waals surface area contributed by atoms with E-state index in [-0.39, 0.29) is 6.04 Å². The highest BCUT2D eigenvalue weighted by molar-refractivity contribution is 4.95. The van der Waals surface area contributed by atoms with Gasteiger partial charge >= 0.3 is 0 Å². The molecule has 0 spiro atoms. The summed E-state index contributed by atoms with van der Waals surface area (Å²) in [5, 5.41) is 0. The minimum Gasteiger partial charge on any atom is -0.333 e. The molecule has 0 radical (unpaired) electrons. The zero-order valence-corrected chi connectivity index (χ0v) is 9.56. The Hall–Kier alpha value is -0.870. The molecule has 1 aliphatic rings. The topological polar surface area (TPSA) is 47.1 Å². The van der Waals surface area contributed by atoms with Gasteiger partial charge in [-0.1, -0.05) is 13.8 Å². The van der Waals surface area contributed by atoms with Gasteiger partial charge in [-0.2, -0.15) is 0 Å². The first kappa shape index (κ1) is 10.6. The second-order valence-corrected chi connectivity index (χ2v) is 4.68. The molecule has 0 unspecified atom stereocenters. The first-order valence-corrected chi connectivity index (χ1v) is 5.65. The first-order valence-electron chi connectivity index (χ1n) is 5.65. The van der Waals surface area contributed by atoms with Gasteiger partial charge in [-0.05, 0) is 5.92 Å². The normalized spacial score (nSPS) is 19.2. The van der Waals surface area contributed by atoms with Gasteiger partial charge in [0.25, 0.3) is 0 Å². The van der Waals surface area contributed by atoms with Crippen LogP contribution in [-0.2, 0) is 13.1 Å². The lowest BCUT2D eigenvalue weighted by Crippen LogP contribution is -2.43. The van der Waals surface area contributed by atoms with Gasteiger partial charge in [-0.3, -0.25) is 4.90 Å². The molecule has 1 aliphatic heterocycles. The molecule has 0 amide bonds. The van der Waals surface area contributed by atoms with Crippen LogP contribution in [0.4, 0.5) is 0 Å². The van der Waals surface area contributed by atoms with Crippen LogP contribution in [-0.4, -0.2) is 33.6 Å². The van der Waals surface area contributed by atoms with Crippen molar-refractivity contribution < 1.29 is 0 Å². The fourth-order valence-corrected chi connectivity index (χ4v) is 1.89. The largest absolute Gasteiger partial charge is 0.333 e. The lowest BCUT2D eigenvalue weighted by molar-refractivity contribution is 0.192. The Balaban J connectivity index is 1.93. The number of aromatic nitrogens is 2. The van der Waals surface area contributed by atoms with Crippen molar-refractivity contribution in [2.24, 2.45) is 11.7 Å². The van der Waals surface area contributed by atoms with Gasteiger partial charge in [0.15, 0.2) is 0 Å². The van der Waals surface area contributed by atoms with Crippen molar-refractivity contribution in [2.75, 3.05) is 13.1 Å². The van der Waals surface area contributed by atoms with E-state index in [4.69, 9.17) is 5.73 Å². The number of rotatable bonds is 3. The molecule has 15 heavy (non-hydrogen) atoms. The Bertz CT molecular complexity index is 318. The molecule has 0 saturated heterocycles. The molecule has 0 saturated carbocycles. The molecule has 0 aromatic carbocycles. The van der Waals surface area contributed by atoms with Crippen LogP contribution in [0.1, 0.15) is 19.7 Å². The first-order chi connectivity index (χ1) is 7.16. The molecule has 0 bridgehead atoms. The summed E-state index contributed by atoms with van der Waals surface area (Å²) in [7, 11) is 0. The van der Waals surface area contributed by atoms with Crippen molar-refractivity contribution in [1.82, 2.24) is 14.5 Å². The van der Waals surface area contributed by atoms with Crippen molar-refractivity contribution in [3.8, 4) is 0 Å². The Morgan fingerprint density at radius 1 is 1.47 bits per heavy atom. The van der Waals surface area contributed by atoms with Gasteiger partial charge in [0.1, 0.15) is 5.82 Å². The quantitative estimate of drug-likeness (QED) is 0.794. The predicted octanol–water partition coefficient (Wildman–Crippen LogP) is 0.682. The van der Waals surface area contributed by atoms with Gasteiger partial charge in [-0.15, -0.1) is 0 Å². The van der Waals surface area contributed by atoms with Crippen molar-refractivity contribution >= 4 is 0 Å². The molecule has 2 N–H and O–H groups in total. The van der Waals surface area contributed by atoms with E-state index >= 15 is 0 Å². The highest BCUT2D eigenvalue weighted by Crippen LogP contribution is 2.11. The number of fused-ring (bicyclic) bond motifs is 1. The Kier molecular flexibility index (Phi) is 3.07. The molecule has 0 aliphatic carbocycles. The number of hydrogen-bond acceptors (Lipinski definition) is 3. The highest BCUT2D eigenvalue weighted by atomic mass is 15.2. The fraction of sp³-hybridized carbons (Fsp3) is 0.727. The van der Waals surface area contributed by atoms with Gasteiger partial charge in [0, 0.05) is 38.1 Å². The summed E-state index contributed by atoms with van der Waals surface area (Å²) < 4.78 is 2.22. The van der Waals surface area contributed by atoms with Crippen LogP contribution in [0.5, 0.6) is 0 Å². The molecule has 4 nitrogen and oxygen atoms in total. The maximum absolute atomic E-state index is 6.07. The molecule has 1 atom stereocenters. The van der Waals surface area contributed by atoms with Gasteiger partial charge in [0.2, 0.25) is 0 Å². The minimum absolute atomic E-state index is 0.270. The third kappa shape index (κ3) is 2.38. The Morgan fingerprint density at radius 3 is 3.00 bits per heavy atom. The summed E-state index contributed by atoms with van der Waals surface area (Å²) >= 11 is 0. The summed E-state index contributed by atoms with van der Waals surface area (Å²) in [4.78, 5) is 6.74. The van der Waals surface area contributed by atoms with Crippen LogP contribution in [0.15, 0.2) is 12.4 Å². The zero-order valence-electron chi connectivity index (χ0n) is 9.56. The van der Waals surface area contributed by atoms with Crippen molar-refractivity contribution in [2.45, 2.75) is 33.0 Å². The average Bonchev–Trinajstić information content (AvgIpc) is 2.64. The number of nitrogens with zero attached hydrogens (tertiary/aromatic N) is 3. The van der Waals surface area contributed by atoms with E-state index in [0.717, 1.165) is 32.0 Å². The second kappa shape index (κ2) is 4.33. The third-order valence-corrected chi connectivity index (χ3v) is 3.15. The summed E-state index contributed by atoms with van der Waals surface area (Å²) in [5.74, 6) is 1.71. The molecule has 0 fully saturated rings. The monoisotopic (exact) mass is 208 g/mol. The van der Waals surface area contributed by atoms with Crippen molar-refractivity contribution in [1.29, 1.82) is 0 Å². The number of nitrogens with two attached hydrogens (primary N) is 1. The molecular formula is C11H20N4. The van der Waals surface area contributed by atoms with Gasteiger partial charge in [0.05, 0.1) is 6.54 Å². The van der Waals surface area contributed by atoms with E-state index in [0.29, 0.717) is 5.92 Å². The van der Waals surface area contributed by atoms with E-state index in [1.54, 1.807) is 0 Å². The highest BCUT2D eigenvalue weighted by Gasteiger charge is 2.19. The Labute approximate surface area is 91.1 Å². The van der Waals surface area contributed by atoms with Gasteiger partial charge in [-0.25, -0.2) is 4.98 Å². The standard InChI is InChI=1S/C11H20N4/c1-9(2)10(12)7-14-5-6-15-4-3-13-11(15)8-14/h3-4,9-10H,5-8,12H2,1-2H3/t10-/m0/s1. The molecular weight excluding hydrogens is 188 g/mol. The van der Waals surface area contributed by atoms with Crippen LogP contribution in [0, 0.1) is 5.92 Å². The average molecular weight is 208 g/mol. The lowest BCUT2D eigenvalue weighted by atomic mass is 10.0. The smallest absolute Gasteiger partial charge is 0.122 e. The summed E-state index contributed by atoms with van der Waals surface area (Å²) in [6.07, 6.45) is 3.93. The van der Waals surface area contributed by atoms with Crippen LogP contribution in [0.2, 0.25) is 0 Å². The van der Waals surface area contributed by atoms with Crippen LogP contribution in [0.3, 0.4) is 0 Å². The summed E-state index contributed by atoms with van der Waals surface area (Å²) in [5.41, 5.74) is 6.07. The van der Waals surface area contributed by atoms with E-state index in [9.17, 15) is 0 Å². The molecule has 4 heteroatoms. The molecule has 1 aromatic rings. The van der Waals surface area contributed by atoms with E-state index < -0.39 is 0 Å². The number of imidazole rings is 1.